The first-order valence-electron chi connectivity index (χ1n) is 17.6. The molecule has 3 aromatic rings. The molecule has 266 valence electrons. The molecule has 1 saturated carbocycles. The van der Waals surface area contributed by atoms with Crippen LogP contribution in [0.3, 0.4) is 0 Å². The Kier molecular flexibility index (Phi) is 9.89. The van der Waals surface area contributed by atoms with Crippen LogP contribution in [0, 0.1) is 11.6 Å². The molecule has 50 heavy (non-hydrogen) atoms. The number of ether oxygens (including phenoxy) is 1. The second kappa shape index (κ2) is 14.5. The Morgan fingerprint density at radius 1 is 0.960 bits per heavy atom. The van der Waals surface area contributed by atoms with Crippen molar-refractivity contribution in [3.63, 3.8) is 0 Å². The Morgan fingerprint density at radius 2 is 1.68 bits per heavy atom. The first-order chi connectivity index (χ1) is 24.2. The molecule has 1 aromatic heterocycles. The van der Waals surface area contributed by atoms with Crippen LogP contribution in [0.5, 0.6) is 5.75 Å². The monoisotopic (exact) mass is 688 g/mol. The van der Waals surface area contributed by atoms with Crippen molar-refractivity contribution in [1.82, 2.24) is 19.8 Å². The molecule has 2 N–H and O–H groups in total. The number of carbonyl (C=O) groups excluding carboxylic acids is 1. The van der Waals surface area contributed by atoms with E-state index in [-0.39, 0.29) is 11.5 Å². The van der Waals surface area contributed by atoms with Crippen LogP contribution in [0.15, 0.2) is 55.4 Å². The fourth-order valence-corrected chi connectivity index (χ4v) is 7.84. The Labute approximate surface area is 292 Å². The van der Waals surface area contributed by atoms with Crippen LogP contribution in [-0.4, -0.2) is 89.7 Å². The van der Waals surface area contributed by atoms with Gasteiger partial charge in [-0.05, 0) is 69.9 Å². The number of aromatic nitrogens is 2. The van der Waals surface area contributed by atoms with Gasteiger partial charge in [0.2, 0.25) is 5.91 Å². The molecule has 4 fully saturated rings. The summed E-state index contributed by atoms with van der Waals surface area (Å²) in [6, 6.07) is 10.7. The molecule has 7 rings (SSSR count). The van der Waals surface area contributed by atoms with E-state index in [9.17, 15) is 13.6 Å². The average molecular weight is 689 g/mol. The maximum atomic E-state index is 14.7. The van der Waals surface area contributed by atoms with Gasteiger partial charge in [0.1, 0.15) is 29.5 Å². The van der Waals surface area contributed by atoms with E-state index in [1.807, 2.05) is 12.1 Å². The number of hydrogen-bond acceptors (Lipinski definition) is 10. The van der Waals surface area contributed by atoms with Crippen molar-refractivity contribution in [3.8, 4) is 5.75 Å². The van der Waals surface area contributed by atoms with Crippen molar-refractivity contribution in [2.45, 2.75) is 76.2 Å². The van der Waals surface area contributed by atoms with Gasteiger partial charge in [-0.2, -0.15) is 0 Å². The van der Waals surface area contributed by atoms with Crippen LogP contribution in [0.25, 0.3) is 0 Å². The normalized spacial score (nSPS) is 23.6. The number of nitrogens with zero attached hydrogens (tertiary/aromatic N) is 6. The average Bonchev–Trinajstić information content (AvgIpc) is 3.85. The minimum atomic E-state index is -0.564. The van der Waals surface area contributed by atoms with Crippen LogP contribution >= 0.6 is 0 Å². The standard InChI is InChI=1S/C37H46F2N8O3/c1-5-37(48)43-30-17-31(42-35-19-36(41-22-40-35)47-32(12-15-50-47)28-16-25(38)6-9-29(28)39)34(49-4)18-33(30)44-13-10-27(11-14-44)46-21-23(2)45(20-24(46)3)26-7-8-26/h5-6,9,16-19,22-24,26-27,32H,1,7-8,10-15,20-21H2,2-4H3,(H,43,48)(H,40,41,42)/t23-,24+,32-/m1/s1. The zero-order valence-corrected chi connectivity index (χ0v) is 28.9. The highest BCUT2D eigenvalue weighted by molar-refractivity contribution is 6.02. The van der Waals surface area contributed by atoms with E-state index in [1.165, 1.54) is 36.4 Å². The molecule has 3 atom stereocenters. The molecule has 1 aliphatic carbocycles. The number of rotatable bonds is 10. The largest absolute Gasteiger partial charge is 0.494 e. The molecule has 13 heteroatoms. The van der Waals surface area contributed by atoms with E-state index in [1.54, 1.807) is 13.2 Å². The van der Waals surface area contributed by atoms with Gasteiger partial charge in [0.05, 0.1) is 36.8 Å². The SMILES string of the molecule is C=CC(=O)Nc1cc(Nc2cc(N3OCC[C@@H]3c3cc(F)ccc3F)ncn2)c(OC)cc1N1CCC(N2C[C@@H](C)N(C3CC3)C[C@@H]2C)CC1. The van der Waals surface area contributed by atoms with Gasteiger partial charge in [-0.25, -0.2) is 23.8 Å². The van der Waals surface area contributed by atoms with Crippen molar-refractivity contribution >= 4 is 34.6 Å². The number of piperidine rings is 1. The number of amides is 1. The summed E-state index contributed by atoms with van der Waals surface area (Å²) >= 11 is 0. The number of carbonyl (C=O) groups is 1. The molecule has 11 nitrogen and oxygen atoms in total. The zero-order chi connectivity index (χ0) is 34.9. The van der Waals surface area contributed by atoms with Crippen LogP contribution in [0.1, 0.15) is 57.6 Å². The summed E-state index contributed by atoms with van der Waals surface area (Å²) in [6.07, 6.45) is 7.82. The molecule has 0 bridgehead atoms. The highest BCUT2D eigenvalue weighted by atomic mass is 19.1. The second-order valence-corrected chi connectivity index (χ2v) is 13.8. The van der Waals surface area contributed by atoms with Gasteiger partial charge in [0.15, 0.2) is 5.82 Å². The topological polar surface area (TPSA) is 98.3 Å². The predicted octanol–water partition coefficient (Wildman–Crippen LogP) is 6.04. The van der Waals surface area contributed by atoms with Crippen molar-refractivity contribution in [2.75, 3.05) is 60.5 Å². The third-order valence-electron chi connectivity index (χ3n) is 10.5. The number of piperazine rings is 1. The molecule has 3 saturated heterocycles. The van der Waals surface area contributed by atoms with Crippen molar-refractivity contribution < 1.29 is 23.1 Å². The summed E-state index contributed by atoms with van der Waals surface area (Å²) in [5.74, 6) is 0.00335. The maximum absolute atomic E-state index is 14.7. The quantitative estimate of drug-likeness (QED) is 0.246. The minimum absolute atomic E-state index is 0.194. The van der Waals surface area contributed by atoms with Gasteiger partial charge in [0.25, 0.3) is 0 Å². The van der Waals surface area contributed by atoms with E-state index in [4.69, 9.17) is 9.57 Å². The number of anilines is 5. The van der Waals surface area contributed by atoms with Gasteiger partial charge in [-0.15, -0.1) is 0 Å². The number of halogens is 2. The lowest BCUT2D eigenvalue weighted by Crippen LogP contribution is -2.61. The molecule has 0 radical (unpaired) electrons. The number of hydroxylamine groups is 1. The molecule has 2 aromatic carbocycles. The predicted molar refractivity (Wildman–Crippen MR) is 190 cm³/mol. The van der Waals surface area contributed by atoms with E-state index in [0.717, 1.165) is 62.9 Å². The molecule has 1 amide bonds. The van der Waals surface area contributed by atoms with Crippen LogP contribution in [0.2, 0.25) is 0 Å². The third-order valence-corrected chi connectivity index (χ3v) is 10.5. The summed E-state index contributed by atoms with van der Waals surface area (Å²) in [6.45, 7) is 12.7. The fourth-order valence-electron chi connectivity index (χ4n) is 7.84. The van der Waals surface area contributed by atoms with E-state index < -0.39 is 17.7 Å². The smallest absolute Gasteiger partial charge is 0.247 e. The fraction of sp³-hybridized carbons (Fsp3) is 0.486. The Balaban J connectivity index is 1.09. The molecular formula is C37H46F2N8O3. The van der Waals surface area contributed by atoms with Gasteiger partial charge < -0.3 is 20.3 Å². The second-order valence-electron chi connectivity index (χ2n) is 13.8. The lowest BCUT2D eigenvalue weighted by Gasteiger charge is -2.49. The van der Waals surface area contributed by atoms with Crippen LogP contribution in [-0.2, 0) is 9.63 Å². The molecule has 4 aliphatic rings. The molecule has 0 spiro atoms. The number of nitrogens with one attached hydrogen (secondary N) is 2. The van der Waals surface area contributed by atoms with E-state index in [2.05, 4.69) is 55.7 Å². The lowest BCUT2D eigenvalue weighted by molar-refractivity contribution is -0.111. The first-order valence-corrected chi connectivity index (χ1v) is 17.6. The maximum Gasteiger partial charge on any atom is 0.247 e. The van der Waals surface area contributed by atoms with Crippen molar-refractivity contribution in [3.05, 3.63) is 72.6 Å². The first kappa shape index (κ1) is 34.1. The molecular weight excluding hydrogens is 642 g/mol. The van der Waals surface area contributed by atoms with Gasteiger partial charge in [-0.1, -0.05) is 6.58 Å². The van der Waals surface area contributed by atoms with E-state index >= 15 is 0 Å². The van der Waals surface area contributed by atoms with Crippen molar-refractivity contribution in [1.29, 1.82) is 0 Å². The molecule has 0 unspecified atom stereocenters. The summed E-state index contributed by atoms with van der Waals surface area (Å²) in [5.41, 5.74) is 2.26. The highest BCUT2D eigenvalue weighted by Crippen LogP contribution is 2.41. The van der Waals surface area contributed by atoms with E-state index in [0.29, 0.717) is 59.9 Å². The van der Waals surface area contributed by atoms with Gasteiger partial charge >= 0.3 is 0 Å². The van der Waals surface area contributed by atoms with Crippen molar-refractivity contribution in [2.24, 2.45) is 0 Å². The molecule has 4 heterocycles. The number of methoxy groups -OCH3 is 1. The Hall–Kier alpha value is -4.33. The summed E-state index contributed by atoms with van der Waals surface area (Å²) in [7, 11) is 1.60. The number of benzene rings is 2. The van der Waals surface area contributed by atoms with Gasteiger partial charge in [0, 0.05) is 74.5 Å². The molecule has 3 aliphatic heterocycles. The highest BCUT2D eigenvalue weighted by Gasteiger charge is 2.40. The Morgan fingerprint density at radius 3 is 2.36 bits per heavy atom. The third kappa shape index (κ3) is 7.12. The van der Waals surface area contributed by atoms with Crippen LogP contribution < -0.4 is 25.3 Å². The van der Waals surface area contributed by atoms with Crippen LogP contribution in [0.4, 0.5) is 37.5 Å². The zero-order valence-electron chi connectivity index (χ0n) is 28.9. The lowest BCUT2D eigenvalue weighted by atomic mass is 9.97. The summed E-state index contributed by atoms with van der Waals surface area (Å²) < 4.78 is 34.6. The summed E-state index contributed by atoms with van der Waals surface area (Å²) in [4.78, 5) is 34.9. The summed E-state index contributed by atoms with van der Waals surface area (Å²) in [5, 5.41) is 7.78. The van der Waals surface area contributed by atoms with Gasteiger partial charge in [-0.3, -0.25) is 19.4 Å². The Bertz CT molecular complexity index is 1720. The number of hydrogen-bond donors (Lipinski definition) is 2. The minimum Gasteiger partial charge on any atom is -0.494 e.